The molecule has 0 aromatic rings. The average molecular weight is 185 g/mol. The highest BCUT2D eigenvalue weighted by atomic mass is 16.5. The van der Waals surface area contributed by atoms with Gasteiger partial charge in [0.2, 0.25) is 0 Å². The van der Waals surface area contributed by atoms with Gasteiger partial charge in [-0.05, 0) is 30.7 Å². The van der Waals surface area contributed by atoms with Crippen LogP contribution in [0.4, 0.5) is 0 Å². The molecule has 0 saturated carbocycles. The number of hydrogen-bond acceptors (Lipinski definition) is 2. The van der Waals surface area contributed by atoms with E-state index in [0.29, 0.717) is 11.5 Å². The van der Waals surface area contributed by atoms with Crippen molar-refractivity contribution in [2.75, 3.05) is 20.2 Å². The largest absolute Gasteiger partial charge is 0.380 e. The minimum absolute atomic E-state index is 0.424. The Balaban J connectivity index is 2.45. The van der Waals surface area contributed by atoms with E-state index in [4.69, 9.17) is 4.74 Å². The molecule has 13 heavy (non-hydrogen) atoms. The Morgan fingerprint density at radius 2 is 2.08 bits per heavy atom. The highest BCUT2D eigenvalue weighted by molar-refractivity contribution is 4.81. The van der Waals surface area contributed by atoms with Crippen LogP contribution in [0.1, 0.15) is 33.6 Å². The molecule has 0 spiro atoms. The van der Waals surface area contributed by atoms with Crippen LogP contribution in [0.25, 0.3) is 0 Å². The van der Waals surface area contributed by atoms with E-state index in [-0.39, 0.29) is 0 Å². The summed E-state index contributed by atoms with van der Waals surface area (Å²) in [6.07, 6.45) is 2.95. The van der Waals surface area contributed by atoms with Crippen molar-refractivity contribution in [1.82, 2.24) is 5.32 Å². The molecule has 2 heteroatoms. The topological polar surface area (TPSA) is 21.3 Å². The standard InChI is InChI=1S/C11H23NO/c1-11(2,3)7-9-5-6-12-8-10(9)13-4/h9-10,12H,5-8H2,1-4H3. The molecular formula is C11H23NO. The molecule has 78 valence electrons. The Morgan fingerprint density at radius 3 is 2.62 bits per heavy atom. The molecule has 1 heterocycles. The predicted octanol–water partition coefficient (Wildman–Crippen LogP) is 2.05. The number of piperidine rings is 1. The van der Waals surface area contributed by atoms with Crippen LogP contribution >= 0.6 is 0 Å². The third-order valence-corrected chi connectivity index (χ3v) is 2.74. The number of rotatable bonds is 2. The van der Waals surface area contributed by atoms with E-state index in [1.54, 1.807) is 0 Å². The number of nitrogens with one attached hydrogen (secondary N) is 1. The molecule has 1 aliphatic heterocycles. The number of methoxy groups -OCH3 is 1. The van der Waals surface area contributed by atoms with Gasteiger partial charge >= 0.3 is 0 Å². The first kappa shape index (κ1) is 11.0. The molecule has 1 saturated heterocycles. The van der Waals surface area contributed by atoms with Crippen LogP contribution in [0, 0.1) is 11.3 Å². The molecule has 0 aliphatic carbocycles. The monoisotopic (exact) mass is 185 g/mol. The van der Waals surface area contributed by atoms with Crippen molar-refractivity contribution >= 4 is 0 Å². The molecule has 1 fully saturated rings. The second-order valence-electron chi connectivity index (χ2n) is 5.29. The third kappa shape index (κ3) is 3.65. The van der Waals surface area contributed by atoms with Crippen molar-refractivity contribution in [1.29, 1.82) is 0 Å². The zero-order valence-electron chi connectivity index (χ0n) is 9.39. The second kappa shape index (κ2) is 4.43. The summed E-state index contributed by atoms with van der Waals surface area (Å²) in [6.45, 7) is 9.10. The highest BCUT2D eigenvalue weighted by Crippen LogP contribution is 2.30. The Kier molecular flexibility index (Phi) is 3.74. The molecule has 2 nitrogen and oxygen atoms in total. The van der Waals surface area contributed by atoms with E-state index < -0.39 is 0 Å². The molecule has 2 unspecified atom stereocenters. The van der Waals surface area contributed by atoms with E-state index in [0.717, 1.165) is 19.0 Å². The van der Waals surface area contributed by atoms with Gasteiger partial charge < -0.3 is 10.1 Å². The first-order valence-corrected chi connectivity index (χ1v) is 5.26. The van der Waals surface area contributed by atoms with Crippen molar-refractivity contribution in [3.63, 3.8) is 0 Å². The van der Waals surface area contributed by atoms with Gasteiger partial charge in [0, 0.05) is 13.7 Å². The van der Waals surface area contributed by atoms with Crippen LogP contribution in [0.2, 0.25) is 0 Å². The van der Waals surface area contributed by atoms with Gasteiger partial charge in [-0.15, -0.1) is 0 Å². The lowest BCUT2D eigenvalue weighted by atomic mass is 9.79. The molecule has 0 bridgehead atoms. The Bertz CT molecular complexity index is 151. The fraction of sp³-hybridized carbons (Fsp3) is 1.00. The van der Waals surface area contributed by atoms with Gasteiger partial charge in [0.25, 0.3) is 0 Å². The summed E-state index contributed by atoms with van der Waals surface area (Å²) in [5, 5.41) is 3.38. The van der Waals surface area contributed by atoms with E-state index in [1.807, 2.05) is 7.11 Å². The van der Waals surface area contributed by atoms with Gasteiger partial charge in [-0.1, -0.05) is 20.8 Å². The summed E-state index contributed by atoms with van der Waals surface area (Å²) in [6, 6.07) is 0. The number of hydrogen-bond donors (Lipinski definition) is 1. The van der Waals surface area contributed by atoms with E-state index in [2.05, 4.69) is 26.1 Å². The quantitative estimate of drug-likeness (QED) is 0.711. The summed E-state index contributed by atoms with van der Waals surface area (Å²) < 4.78 is 5.49. The van der Waals surface area contributed by atoms with Gasteiger partial charge in [-0.25, -0.2) is 0 Å². The lowest BCUT2D eigenvalue weighted by Gasteiger charge is -2.35. The zero-order chi connectivity index (χ0) is 9.90. The maximum atomic E-state index is 5.49. The average Bonchev–Trinajstić information content (AvgIpc) is 2.02. The van der Waals surface area contributed by atoms with Crippen molar-refractivity contribution in [2.24, 2.45) is 11.3 Å². The van der Waals surface area contributed by atoms with Crippen LogP contribution in [0.15, 0.2) is 0 Å². The summed E-state index contributed by atoms with van der Waals surface area (Å²) >= 11 is 0. The molecule has 0 aromatic heterocycles. The molecule has 2 atom stereocenters. The van der Waals surface area contributed by atoms with Crippen LogP contribution in [-0.4, -0.2) is 26.3 Å². The molecule has 0 amide bonds. The van der Waals surface area contributed by atoms with E-state index in [1.165, 1.54) is 12.8 Å². The maximum Gasteiger partial charge on any atom is 0.0724 e. The smallest absolute Gasteiger partial charge is 0.0724 e. The van der Waals surface area contributed by atoms with Crippen LogP contribution in [0.5, 0.6) is 0 Å². The SMILES string of the molecule is COC1CNCCC1CC(C)(C)C. The second-order valence-corrected chi connectivity index (χ2v) is 5.29. The summed E-state index contributed by atoms with van der Waals surface area (Å²) in [5.74, 6) is 0.742. The fourth-order valence-corrected chi connectivity index (χ4v) is 2.18. The van der Waals surface area contributed by atoms with Crippen molar-refractivity contribution in [2.45, 2.75) is 39.7 Å². The summed E-state index contributed by atoms with van der Waals surface area (Å²) in [7, 11) is 1.83. The van der Waals surface area contributed by atoms with Crippen molar-refractivity contribution in [3.05, 3.63) is 0 Å². The van der Waals surface area contributed by atoms with Crippen LogP contribution < -0.4 is 5.32 Å². The lowest BCUT2D eigenvalue weighted by Crippen LogP contribution is -2.42. The normalized spacial score (nSPS) is 30.5. The predicted molar refractivity (Wildman–Crippen MR) is 55.8 cm³/mol. The first-order chi connectivity index (χ1) is 6.03. The zero-order valence-corrected chi connectivity index (χ0v) is 9.39. The Morgan fingerprint density at radius 1 is 1.38 bits per heavy atom. The van der Waals surface area contributed by atoms with E-state index in [9.17, 15) is 0 Å². The summed E-state index contributed by atoms with van der Waals surface area (Å²) in [4.78, 5) is 0. The minimum Gasteiger partial charge on any atom is -0.380 e. The fourth-order valence-electron chi connectivity index (χ4n) is 2.18. The summed E-state index contributed by atoms with van der Waals surface area (Å²) in [5.41, 5.74) is 0.429. The van der Waals surface area contributed by atoms with Gasteiger partial charge in [0.1, 0.15) is 0 Å². The van der Waals surface area contributed by atoms with Gasteiger partial charge in [0.15, 0.2) is 0 Å². The van der Waals surface area contributed by atoms with Gasteiger partial charge in [0.05, 0.1) is 6.10 Å². The Labute approximate surface area is 82.0 Å². The first-order valence-electron chi connectivity index (χ1n) is 5.26. The lowest BCUT2D eigenvalue weighted by molar-refractivity contribution is 0.0175. The van der Waals surface area contributed by atoms with Crippen LogP contribution in [0.3, 0.4) is 0 Å². The third-order valence-electron chi connectivity index (χ3n) is 2.74. The van der Waals surface area contributed by atoms with E-state index >= 15 is 0 Å². The molecular weight excluding hydrogens is 162 g/mol. The van der Waals surface area contributed by atoms with Crippen molar-refractivity contribution < 1.29 is 4.74 Å². The molecule has 0 aromatic carbocycles. The highest BCUT2D eigenvalue weighted by Gasteiger charge is 2.28. The molecule has 1 rings (SSSR count). The molecule has 1 aliphatic rings. The van der Waals surface area contributed by atoms with Gasteiger partial charge in [-0.3, -0.25) is 0 Å². The molecule has 1 N–H and O–H groups in total. The van der Waals surface area contributed by atoms with Crippen molar-refractivity contribution in [3.8, 4) is 0 Å². The Hall–Kier alpha value is -0.0800. The minimum atomic E-state index is 0.424. The maximum absolute atomic E-state index is 5.49. The molecule has 0 radical (unpaired) electrons. The van der Waals surface area contributed by atoms with Crippen LogP contribution in [-0.2, 0) is 4.74 Å². The number of ether oxygens (including phenoxy) is 1. The van der Waals surface area contributed by atoms with Gasteiger partial charge in [-0.2, -0.15) is 0 Å².